The summed E-state index contributed by atoms with van der Waals surface area (Å²) in [4.78, 5) is 7.69. The SMILES string of the molecule is CONc1cc2c(cc1N1CCC3(CC1)CNC3)OC(C)(C)C2. The minimum atomic E-state index is -0.116. The van der Waals surface area contributed by atoms with Crippen LogP contribution in [0.2, 0.25) is 0 Å². The maximum absolute atomic E-state index is 6.13. The van der Waals surface area contributed by atoms with Gasteiger partial charge in [-0.3, -0.25) is 10.3 Å². The van der Waals surface area contributed by atoms with Crippen LogP contribution in [0.4, 0.5) is 11.4 Å². The maximum Gasteiger partial charge on any atom is 0.125 e. The second-order valence-corrected chi connectivity index (χ2v) is 7.91. The summed E-state index contributed by atoms with van der Waals surface area (Å²) in [5.74, 6) is 1.03. The van der Waals surface area contributed by atoms with Gasteiger partial charge in [0.05, 0.1) is 18.5 Å². The third kappa shape index (κ3) is 2.66. The van der Waals surface area contributed by atoms with Gasteiger partial charge in [0.2, 0.25) is 0 Å². The Kier molecular flexibility index (Phi) is 3.46. The molecule has 0 atom stereocenters. The molecule has 4 rings (SSSR count). The van der Waals surface area contributed by atoms with Crippen molar-refractivity contribution in [3.63, 3.8) is 0 Å². The van der Waals surface area contributed by atoms with E-state index in [4.69, 9.17) is 9.57 Å². The summed E-state index contributed by atoms with van der Waals surface area (Å²) in [6, 6.07) is 4.39. The second kappa shape index (κ2) is 5.28. The monoisotopic (exact) mass is 317 g/mol. The number of piperidine rings is 1. The molecule has 2 saturated heterocycles. The summed E-state index contributed by atoms with van der Waals surface area (Å²) >= 11 is 0. The zero-order chi connectivity index (χ0) is 16.1. The molecule has 23 heavy (non-hydrogen) atoms. The lowest BCUT2D eigenvalue weighted by Crippen LogP contribution is -2.58. The van der Waals surface area contributed by atoms with Crippen molar-refractivity contribution in [3.8, 4) is 5.75 Å². The highest BCUT2D eigenvalue weighted by atomic mass is 16.6. The minimum Gasteiger partial charge on any atom is -0.487 e. The van der Waals surface area contributed by atoms with Gasteiger partial charge in [-0.15, -0.1) is 0 Å². The van der Waals surface area contributed by atoms with Crippen LogP contribution in [-0.4, -0.2) is 38.9 Å². The van der Waals surface area contributed by atoms with Crippen LogP contribution in [-0.2, 0) is 11.3 Å². The fraction of sp³-hybridized carbons (Fsp3) is 0.667. The predicted octanol–water partition coefficient (Wildman–Crippen LogP) is 2.56. The molecule has 5 nitrogen and oxygen atoms in total. The number of ether oxygens (including phenoxy) is 1. The molecule has 0 bridgehead atoms. The van der Waals surface area contributed by atoms with Crippen molar-refractivity contribution in [1.29, 1.82) is 0 Å². The van der Waals surface area contributed by atoms with E-state index in [2.05, 4.69) is 41.7 Å². The van der Waals surface area contributed by atoms with Crippen molar-refractivity contribution >= 4 is 11.4 Å². The lowest BCUT2D eigenvalue weighted by atomic mass is 9.73. The Labute approximate surface area is 138 Å². The molecule has 3 aliphatic heterocycles. The van der Waals surface area contributed by atoms with Crippen molar-refractivity contribution in [2.24, 2.45) is 5.41 Å². The molecule has 0 saturated carbocycles. The Balaban J connectivity index is 1.60. The molecule has 3 aliphatic rings. The Morgan fingerprint density at radius 1 is 1.22 bits per heavy atom. The van der Waals surface area contributed by atoms with Gasteiger partial charge >= 0.3 is 0 Å². The number of benzene rings is 1. The molecule has 5 heteroatoms. The smallest absolute Gasteiger partial charge is 0.125 e. The maximum atomic E-state index is 6.13. The fourth-order valence-corrected chi connectivity index (χ4v) is 4.15. The molecule has 0 radical (unpaired) electrons. The van der Waals surface area contributed by atoms with Gasteiger partial charge in [-0.05, 0) is 38.2 Å². The van der Waals surface area contributed by atoms with E-state index < -0.39 is 0 Å². The van der Waals surface area contributed by atoms with E-state index in [0.29, 0.717) is 5.41 Å². The summed E-state index contributed by atoms with van der Waals surface area (Å²) in [5.41, 5.74) is 7.02. The van der Waals surface area contributed by atoms with E-state index in [1.54, 1.807) is 7.11 Å². The zero-order valence-electron chi connectivity index (χ0n) is 14.4. The van der Waals surface area contributed by atoms with Crippen LogP contribution in [0.15, 0.2) is 12.1 Å². The third-order valence-corrected chi connectivity index (χ3v) is 5.56. The second-order valence-electron chi connectivity index (χ2n) is 7.91. The van der Waals surface area contributed by atoms with Crippen molar-refractivity contribution < 1.29 is 9.57 Å². The van der Waals surface area contributed by atoms with E-state index >= 15 is 0 Å². The minimum absolute atomic E-state index is 0.116. The molecule has 0 aliphatic carbocycles. The molecule has 126 valence electrons. The van der Waals surface area contributed by atoms with E-state index in [1.807, 2.05) is 0 Å². The number of anilines is 2. The van der Waals surface area contributed by atoms with Crippen molar-refractivity contribution in [2.75, 3.05) is 43.7 Å². The largest absolute Gasteiger partial charge is 0.487 e. The van der Waals surface area contributed by atoms with Gasteiger partial charge < -0.3 is 15.0 Å². The Morgan fingerprint density at radius 3 is 2.57 bits per heavy atom. The van der Waals surface area contributed by atoms with Gasteiger partial charge in [0.15, 0.2) is 0 Å². The van der Waals surface area contributed by atoms with Crippen molar-refractivity contribution in [1.82, 2.24) is 5.32 Å². The van der Waals surface area contributed by atoms with E-state index in [-0.39, 0.29) is 5.60 Å². The highest BCUT2D eigenvalue weighted by Gasteiger charge is 2.40. The first-order valence-corrected chi connectivity index (χ1v) is 8.61. The van der Waals surface area contributed by atoms with Crippen LogP contribution >= 0.6 is 0 Å². The average Bonchev–Trinajstić information content (AvgIpc) is 2.78. The van der Waals surface area contributed by atoms with Crippen LogP contribution in [0, 0.1) is 5.41 Å². The molecule has 1 aromatic carbocycles. The Bertz CT molecular complexity index is 601. The summed E-state index contributed by atoms with van der Waals surface area (Å²) < 4.78 is 6.13. The van der Waals surface area contributed by atoms with Crippen LogP contribution < -0.4 is 20.4 Å². The van der Waals surface area contributed by atoms with Crippen molar-refractivity contribution in [2.45, 2.75) is 38.7 Å². The standard InChI is InChI=1S/C18H27N3O2/c1-17(2)10-13-8-14(20-22-3)15(9-16(13)23-17)21-6-4-18(5-7-21)11-19-12-18/h8-9,19-20H,4-7,10-12H2,1-3H3. The van der Waals surface area contributed by atoms with E-state index in [0.717, 1.165) is 30.9 Å². The number of rotatable bonds is 3. The summed E-state index contributed by atoms with van der Waals surface area (Å²) in [6.07, 6.45) is 3.46. The molecule has 0 aromatic heterocycles. The van der Waals surface area contributed by atoms with Gasteiger partial charge in [0.1, 0.15) is 11.4 Å². The molecule has 1 spiro atoms. The van der Waals surface area contributed by atoms with Gasteiger partial charge in [-0.1, -0.05) is 0 Å². The highest BCUT2D eigenvalue weighted by molar-refractivity contribution is 5.74. The van der Waals surface area contributed by atoms with Crippen LogP contribution in [0.1, 0.15) is 32.3 Å². The van der Waals surface area contributed by atoms with Gasteiger partial charge in [-0.25, -0.2) is 0 Å². The van der Waals surface area contributed by atoms with Crippen LogP contribution in [0.3, 0.4) is 0 Å². The number of fused-ring (bicyclic) bond motifs is 1. The predicted molar refractivity (Wildman–Crippen MR) is 92.2 cm³/mol. The third-order valence-electron chi connectivity index (χ3n) is 5.56. The lowest BCUT2D eigenvalue weighted by molar-refractivity contribution is 0.126. The summed E-state index contributed by atoms with van der Waals surface area (Å²) in [6.45, 7) is 8.86. The molecule has 2 fully saturated rings. The van der Waals surface area contributed by atoms with E-state index in [1.165, 1.54) is 37.2 Å². The first-order chi connectivity index (χ1) is 11.0. The summed E-state index contributed by atoms with van der Waals surface area (Å²) in [5, 5.41) is 3.43. The molecule has 1 aromatic rings. The molecule has 0 amide bonds. The quantitative estimate of drug-likeness (QED) is 0.839. The lowest BCUT2D eigenvalue weighted by Gasteiger charge is -2.49. The van der Waals surface area contributed by atoms with E-state index in [9.17, 15) is 0 Å². The van der Waals surface area contributed by atoms with Gasteiger partial charge in [0, 0.05) is 44.2 Å². The number of hydrogen-bond acceptors (Lipinski definition) is 5. The number of nitrogens with zero attached hydrogens (tertiary/aromatic N) is 1. The first kappa shape index (κ1) is 15.1. The van der Waals surface area contributed by atoms with Crippen LogP contribution in [0.5, 0.6) is 5.75 Å². The summed E-state index contributed by atoms with van der Waals surface area (Å²) in [7, 11) is 1.67. The highest BCUT2D eigenvalue weighted by Crippen LogP contribution is 2.44. The topological polar surface area (TPSA) is 45.8 Å². The van der Waals surface area contributed by atoms with Gasteiger partial charge in [0.25, 0.3) is 0 Å². The molecular formula is C18H27N3O2. The number of hydrogen-bond donors (Lipinski definition) is 2. The Morgan fingerprint density at radius 2 is 1.96 bits per heavy atom. The molecule has 3 heterocycles. The molecule has 2 N–H and O–H groups in total. The average molecular weight is 317 g/mol. The normalized spacial score (nSPS) is 24.0. The molecule has 0 unspecified atom stereocenters. The van der Waals surface area contributed by atoms with Crippen molar-refractivity contribution in [3.05, 3.63) is 17.7 Å². The fourth-order valence-electron chi connectivity index (χ4n) is 4.15. The number of nitrogens with one attached hydrogen (secondary N) is 2. The first-order valence-electron chi connectivity index (χ1n) is 8.61. The van der Waals surface area contributed by atoms with Crippen LogP contribution in [0.25, 0.3) is 0 Å². The Hall–Kier alpha value is -1.46. The molecular weight excluding hydrogens is 290 g/mol. The van der Waals surface area contributed by atoms with Gasteiger partial charge in [-0.2, -0.15) is 0 Å². The zero-order valence-corrected chi connectivity index (χ0v) is 14.4.